The van der Waals surface area contributed by atoms with Gasteiger partial charge in [0.15, 0.2) is 0 Å². The molecule has 5 fully saturated rings. The van der Waals surface area contributed by atoms with Gasteiger partial charge in [-0.1, -0.05) is 0 Å². The van der Waals surface area contributed by atoms with E-state index in [4.69, 9.17) is 4.74 Å². The zero-order valence-corrected chi connectivity index (χ0v) is 21.0. The van der Waals surface area contributed by atoms with Gasteiger partial charge in [-0.25, -0.2) is 0 Å². The van der Waals surface area contributed by atoms with Gasteiger partial charge in [-0.3, -0.25) is 34.2 Å². The van der Waals surface area contributed by atoms with Gasteiger partial charge in [-0.2, -0.15) is 0 Å². The Balaban J connectivity index is 1.19. The van der Waals surface area contributed by atoms with Crippen LogP contribution in [0.2, 0.25) is 0 Å². The first-order chi connectivity index (χ1) is 17.6. The second-order valence-corrected chi connectivity index (χ2v) is 11.2. The Bertz CT molecular complexity index is 1230. The number of hydrogen-bond acceptors (Lipinski definition) is 8. The average Bonchev–Trinajstić information content (AvgIpc) is 3.37. The van der Waals surface area contributed by atoms with Crippen LogP contribution in [0.15, 0.2) is 18.2 Å². The number of piperidine rings is 2. The van der Waals surface area contributed by atoms with Crippen LogP contribution in [0.3, 0.4) is 0 Å². The Morgan fingerprint density at radius 1 is 1.11 bits per heavy atom. The van der Waals surface area contributed by atoms with Gasteiger partial charge < -0.3 is 20.3 Å². The summed E-state index contributed by atoms with van der Waals surface area (Å²) < 4.78 is 6.74. The summed E-state index contributed by atoms with van der Waals surface area (Å²) in [4.78, 5) is 65.8. The van der Waals surface area contributed by atoms with E-state index in [0.29, 0.717) is 25.1 Å². The second kappa shape index (κ2) is 8.09. The Kier molecular flexibility index (Phi) is 5.26. The molecule has 11 heteroatoms. The van der Waals surface area contributed by atoms with Crippen LogP contribution in [0.5, 0.6) is 0 Å². The van der Waals surface area contributed by atoms with E-state index < -0.39 is 46.3 Å². The molecule has 4 saturated heterocycles. The molecule has 1 saturated carbocycles. The van der Waals surface area contributed by atoms with Gasteiger partial charge in [0.2, 0.25) is 17.7 Å². The molecule has 0 aromatic heterocycles. The predicted molar refractivity (Wildman–Crippen MR) is 131 cm³/mol. The molecule has 1 aromatic rings. The number of nitrogens with one attached hydrogen (secondary N) is 3. The lowest BCUT2D eigenvalue weighted by Crippen LogP contribution is -2.61. The summed E-state index contributed by atoms with van der Waals surface area (Å²) in [6.07, 6.45) is 3.07. The number of hydrogen-bond donors (Lipinski definition) is 3. The lowest BCUT2D eigenvalue weighted by molar-refractivity contribution is -0.149. The molecule has 5 amide bonds. The normalized spacial score (nSPS) is 31.7. The maximum absolute atomic E-state index is 13.3. The first kappa shape index (κ1) is 24.1. The predicted octanol–water partition coefficient (Wildman–Crippen LogP) is 0.259. The molecule has 1 aliphatic carbocycles. The van der Waals surface area contributed by atoms with E-state index in [2.05, 4.69) is 16.0 Å². The van der Waals surface area contributed by atoms with E-state index in [-0.39, 0.29) is 29.9 Å². The van der Waals surface area contributed by atoms with Gasteiger partial charge in [0.1, 0.15) is 6.04 Å². The van der Waals surface area contributed by atoms with Gasteiger partial charge in [0.05, 0.1) is 27.7 Å². The third-order valence-corrected chi connectivity index (χ3v) is 8.81. The van der Waals surface area contributed by atoms with Crippen LogP contribution in [-0.4, -0.2) is 90.3 Å². The number of imide groups is 2. The lowest BCUT2D eigenvalue weighted by atomic mass is 9.53. The number of carbonyl (C=O) groups is 5. The van der Waals surface area contributed by atoms with Crippen molar-refractivity contribution in [1.29, 1.82) is 0 Å². The molecule has 1 aromatic carbocycles. The summed E-state index contributed by atoms with van der Waals surface area (Å²) in [5, 5.41) is 8.95. The molecule has 0 radical (unpaired) electrons. The van der Waals surface area contributed by atoms with Gasteiger partial charge in [0.25, 0.3) is 11.8 Å². The second-order valence-electron chi connectivity index (χ2n) is 11.2. The molecule has 1 atom stereocenters. The summed E-state index contributed by atoms with van der Waals surface area (Å²) >= 11 is 0. The number of ether oxygens (including phenoxy) is 1. The summed E-state index contributed by atoms with van der Waals surface area (Å²) in [7, 11) is 3.59. The SMILES string of the molecule is CN(C)C(=O)C12CC(CNc3ccc4c(c3)C(=O)N(C3CCC(=O)NC3=O)C4=O)(C1)OC21CCNCC1. The third-order valence-electron chi connectivity index (χ3n) is 8.81. The number of rotatable bonds is 5. The van der Waals surface area contributed by atoms with Gasteiger partial charge >= 0.3 is 0 Å². The zero-order chi connectivity index (χ0) is 26.2. The summed E-state index contributed by atoms with van der Waals surface area (Å²) in [5.41, 5.74) is -0.326. The number of amides is 5. The highest BCUT2D eigenvalue weighted by molar-refractivity contribution is 6.23. The highest BCUT2D eigenvalue weighted by Gasteiger charge is 2.77. The smallest absolute Gasteiger partial charge is 0.262 e. The van der Waals surface area contributed by atoms with E-state index in [1.54, 1.807) is 37.2 Å². The quantitative estimate of drug-likeness (QED) is 0.481. The Morgan fingerprint density at radius 3 is 2.49 bits per heavy atom. The van der Waals surface area contributed by atoms with Crippen molar-refractivity contribution in [3.8, 4) is 0 Å². The third kappa shape index (κ3) is 3.36. The Morgan fingerprint density at radius 2 is 1.81 bits per heavy atom. The number of fused-ring (bicyclic) bond motifs is 1. The van der Waals surface area contributed by atoms with Crippen LogP contribution in [0.4, 0.5) is 5.69 Å². The topological polar surface area (TPSA) is 137 Å². The van der Waals surface area contributed by atoms with Gasteiger partial charge in [0, 0.05) is 32.7 Å². The number of carbonyl (C=O) groups excluding carboxylic acids is 5. The van der Waals surface area contributed by atoms with Crippen LogP contribution >= 0.6 is 0 Å². The summed E-state index contributed by atoms with van der Waals surface area (Å²) in [6.45, 7) is 2.11. The molecule has 7 rings (SSSR count). The van der Waals surface area contributed by atoms with E-state index in [0.717, 1.165) is 30.8 Å². The molecular weight excluding hydrogens is 478 g/mol. The molecule has 2 bridgehead atoms. The average molecular weight is 510 g/mol. The van der Waals surface area contributed by atoms with E-state index in [1.807, 2.05) is 0 Å². The fraction of sp³-hybridized carbons (Fsp3) is 0.577. The van der Waals surface area contributed by atoms with Crippen LogP contribution in [0.25, 0.3) is 0 Å². The largest absolute Gasteiger partial charge is 0.382 e. The van der Waals surface area contributed by atoms with Gasteiger partial charge in [-0.15, -0.1) is 0 Å². The minimum atomic E-state index is -0.995. The Labute approximate surface area is 214 Å². The van der Waals surface area contributed by atoms with Crippen molar-refractivity contribution in [2.45, 2.75) is 55.8 Å². The van der Waals surface area contributed by atoms with Crippen molar-refractivity contribution in [3.63, 3.8) is 0 Å². The van der Waals surface area contributed by atoms with Crippen LogP contribution < -0.4 is 16.0 Å². The number of anilines is 1. The fourth-order valence-electron chi connectivity index (χ4n) is 7.15. The molecular formula is C26H31N5O6. The van der Waals surface area contributed by atoms with Crippen molar-refractivity contribution in [2.24, 2.45) is 5.41 Å². The molecule has 37 heavy (non-hydrogen) atoms. The first-order valence-electron chi connectivity index (χ1n) is 12.8. The molecule has 5 aliphatic heterocycles. The van der Waals surface area contributed by atoms with E-state index in [9.17, 15) is 24.0 Å². The highest BCUT2D eigenvalue weighted by atomic mass is 16.5. The monoisotopic (exact) mass is 509 g/mol. The van der Waals surface area contributed by atoms with E-state index >= 15 is 0 Å². The van der Waals surface area contributed by atoms with E-state index in [1.165, 1.54) is 0 Å². The van der Waals surface area contributed by atoms with Crippen LogP contribution in [0, 0.1) is 5.41 Å². The summed E-state index contributed by atoms with van der Waals surface area (Å²) in [5.74, 6) is -1.98. The van der Waals surface area contributed by atoms with Crippen molar-refractivity contribution in [3.05, 3.63) is 29.3 Å². The highest BCUT2D eigenvalue weighted by Crippen LogP contribution is 2.69. The van der Waals surface area contributed by atoms with Crippen molar-refractivity contribution in [2.75, 3.05) is 39.0 Å². The molecule has 3 N–H and O–H groups in total. The Hall–Kier alpha value is -3.31. The first-order valence-corrected chi connectivity index (χ1v) is 12.8. The molecule has 5 heterocycles. The van der Waals surface area contributed by atoms with Crippen LogP contribution in [0.1, 0.15) is 59.2 Å². The maximum atomic E-state index is 13.3. The fourth-order valence-corrected chi connectivity index (χ4v) is 7.15. The van der Waals surface area contributed by atoms with Crippen molar-refractivity contribution in [1.82, 2.24) is 20.4 Å². The lowest BCUT2D eigenvalue weighted by Gasteiger charge is -2.49. The minimum absolute atomic E-state index is 0.0775. The number of benzene rings is 1. The minimum Gasteiger partial charge on any atom is -0.382 e. The molecule has 6 aliphatic rings. The van der Waals surface area contributed by atoms with Crippen molar-refractivity contribution < 1.29 is 28.7 Å². The van der Waals surface area contributed by atoms with Crippen LogP contribution in [-0.2, 0) is 19.1 Å². The number of nitrogens with zero attached hydrogens (tertiary/aromatic N) is 2. The molecule has 1 spiro atoms. The standard InChI is InChI=1S/C26H31N5O6/c1-30(2)23(36)25-12-24(13-25,37-26(25)7-9-27-10-8-26)14-28-15-3-4-16-17(11-15)22(35)31(21(16)34)18-5-6-19(32)29-20(18)33/h3-4,11,18,27-28H,5-10,12-14H2,1-2H3,(H,29,32,33). The molecule has 1 unspecified atom stereocenters. The molecule has 11 nitrogen and oxygen atoms in total. The maximum Gasteiger partial charge on any atom is 0.262 e. The van der Waals surface area contributed by atoms with Gasteiger partial charge in [-0.05, 0) is 63.4 Å². The van der Waals surface area contributed by atoms with Crippen molar-refractivity contribution >= 4 is 35.2 Å². The summed E-state index contributed by atoms with van der Waals surface area (Å²) in [6, 6.07) is 3.96. The zero-order valence-electron chi connectivity index (χ0n) is 21.0. The molecule has 196 valence electrons.